The first-order valence-electron chi connectivity index (χ1n) is 6.43. The Morgan fingerprint density at radius 3 is 1.95 bits per heavy atom. The van der Waals surface area contributed by atoms with E-state index in [9.17, 15) is 13.8 Å². The van der Waals surface area contributed by atoms with E-state index >= 15 is 0 Å². The third-order valence-electron chi connectivity index (χ3n) is 3.60. The van der Waals surface area contributed by atoms with Gasteiger partial charge in [-0.3, -0.25) is 0 Å². The fraction of sp³-hybridized carbons (Fsp3) is 0.571. The van der Waals surface area contributed by atoms with Crippen LogP contribution in [0.15, 0.2) is 24.3 Å². The van der Waals surface area contributed by atoms with Crippen molar-refractivity contribution in [2.75, 3.05) is 0 Å². The molecule has 0 bridgehead atoms. The summed E-state index contributed by atoms with van der Waals surface area (Å²) in [4.78, 5) is 0. The van der Waals surface area contributed by atoms with Gasteiger partial charge in [0.2, 0.25) is 0 Å². The average molecular weight is 286 g/mol. The minimum Gasteiger partial charge on any atom is -0.435 e. The van der Waals surface area contributed by atoms with E-state index in [-0.39, 0.29) is 11.2 Å². The van der Waals surface area contributed by atoms with Crippen molar-refractivity contribution in [2.24, 2.45) is 5.41 Å². The first-order valence-corrected chi connectivity index (χ1v) is 6.43. The summed E-state index contributed by atoms with van der Waals surface area (Å²) in [6.45, 7) is 6.97. The summed E-state index contributed by atoms with van der Waals surface area (Å²) in [7, 11) is -1.12. The van der Waals surface area contributed by atoms with Crippen molar-refractivity contribution in [3.05, 3.63) is 24.3 Å². The molecule has 0 amide bonds. The van der Waals surface area contributed by atoms with E-state index in [0.717, 1.165) is 0 Å². The highest BCUT2D eigenvalue weighted by molar-refractivity contribution is 6.60. The van der Waals surface area contributed by atoms with E-state index < -0.39 is 19.3 Å². The molecular weight excluding hydrogens is 265 g/mol. The first kappa shape index (κ1) is 16.9. The molecule has 3 nitrogen and oxygen atoms in total. The predicted octanol–water partition coefficient (Wildman–Crippen LogP) is 2.82. The second kappa shape index (κ2) is 6.10. The maximum absolute atomic E-state index is 12.0. The standard InChI is InChI=1S/C14H21BF2O3/c1-13(2,3)14(4,5)20-15(18)10-6-8-11(9-7-10)19-12(16)17/h6-9,12,18H,1-5H3. The Labute approximate surface area is 119 Å². The summed E-state index contributed by atoms with van der Waals surface area (Å²) >= 11 is 0. The van der Waals surface area contributed by atoms with E-state index in [4.69, 9.17) is 4.65 Å². The van der Waals surface area contributed by atoms with Crippen LogP contribution in [0.2, 0.25) is 0 Å². The molecule has 1 rings (SSSR count). The number of halogens is 2. The lowest BCUT2D eigenvalue weighted by atomic mass is 9.73. The normalized spacial score (nSPS) is 12.7. The molecule has 1 N–H and O–H groups in total. The molecule has 1 aromatic carbocycles. The average Bonchev–Trinajstić information content (AvgIpc) is 2.26. The molecule has 0 atom stereocenters. The minimum absolute atomic E-state index is 0.0473. The van der Waals surface area contributed by atoms with Crippen molar-refractivity contribution in [3.8, 4) is 5.75 Å². The molecule has 0 aliphatic carbocycles. The first-order chi connectivity index (χ1) is 9.03. The van der Waals surface area contributed by atoms with Gasteiger partial charge >= 0.3 is 13.7 Å². The maximum Gasteiger partial charge on any atom is 0.491 e. The zero-order chi connectivity index (χ0) is 15.6. The summed E-state index contributed by atoms with van der Waals surface area (Å²) in [6.07, 6.45) is 0. The van der Waals surface area contributed by atoms with Gasteiger partial charge in [-0.1, -0.05) is 32.9 Å². The van der Waals surface area contributed by atoms with Crippen LogP contribution in [0.25, 0.3) is 0 Å². The van der Waals surface area contributed by atoms with E-state index in [0.29, 0.717) is 5.46 Å². The number of rotatable bonds is 5. The minimum atomic E-state index is -2.86. The molecule has 0 fully saturated rings. The van der Waals surface area contributed by atoms with Crippen LogP contribution in [0.3, 0.4) is 0 Å². The predicted molar refractivity (Wildman–Crippen MR) is 75.3 cm³/mol. The summed E-state index contributed by atoms with van der Waals surface area (Å²) in [5.41, 5.74) is -0.221. The number of ether oxygens (including phenoxy) is 1. The smallest absolute Gasteiger partial charge is 0.435 e. The van der Waals surface area contributed by atoms with Gasteiger partial charge in [0.1, 0.15) is 5.75 Å². The quantitative estimate of drug-likeness (QED) is 0.846. The zero-order valence-corrected chi connectivity index (χ0v) is 12.5. The lowest BCUT2D eigenvalue weighted by Crippen LogP contribution is -2.48. The molecule has 0 aliphatic rings. The second-order valence-corrected chi connectivity index (χ2v) is 6.18. The topological polar surface area (TPSA) is 38.7 Å². The highest BCUT2D eigenvalue weighted by Gasteiger charge is 2.37. The Balaban J connectivity index is 2.76. The Morgan fingerprint density at radius 2 is 1.55 bits per heavy atom. The monoisotopic (exact) mass is 286 g/mol. The van der Waals surface area contributed by atoms with Crippen LogP contribution < -0.4 is 10.2 Å². The molecule has 0 aromatic heterocycles. The van der Waals surface area contributed by atoms with Gasteiger partial charge < -0.3 is 14.4 Å². The summed E-state index contributed by atoms with van der Waals surface area (Å²) in [5.74, 6) is 0.0473. The molecular formula is C14H21BF2O3. The summed E-state index contributed by atoms with van der Waals surface area (Å²) in [5, 5.41) is 10.1. The van der Waals surface area contributed by atoms with Gasteiger partial charge in [0.05, 0.1) is 5.60 Å². The number of hydrogen-bond donors (Lipinski definition) is 1. The highest BCUT2D eigenvalue weighted by atomic mass is 19.3. The third-order valence-corrected chi connectivity index (χ3v) is 3.60. The van der Waals surface area contributed by atoms with Crippen molar-refractivity contribution in [3.63, 3.8) is 0 Å². The van der Waals surface area contributed by atoms with Crippen LogP contribution in [-0.2, 0) is 4.65 Å². The van der Waals surface area contributed by atoms with E-state index in [1.54, 1.807) is 0 Å². The van der Waals surface area contributed by atoms with Crippen molar-refractivity contribution in [1.29, 1.82) is 0 Å². The molecule has 0 saturated carbocycles. The van der Waals surface area contributed by atoms with Crippen LogP contribution >= 0.6 is 0 Å². The van der Waals surface area contributed by atoms with Crippen LogP contribution in [0, 0.1) is 5.41 Å². The third kappa shape index (κ3) is 4.46. The molecule has 0 saturated heterocycles. The molecule has 0 spiro atoms. The SMILES string of the molecule is CC(C)(C)C(C)(C)OB(O)c1ccc(OC(F)F)cc1. The Hall–Kier alpha value is -1.14. The fourth-order valence-corrected chi connectivity index (χ4v) is 1.34. The molecule has 0 aliphatic heterocycles. The van der Waals surface area contributed by atoms with Crippen LogP contribution in [0.4, 0.5) is 8.78 Å². The van der Waals surface area contributed by atoms with Crippen molar-refractivity contribution in [1.82, 2.24) is 0 Å². The largest absolute Gasteiger partial charge is 0.491 e. The Bertz CT molecular complexity index is 427. The molecule has 6 heteroatoms. The van der Waals surface area contributed by atoms with Crippen LogP contribution in [-0.4, -0.2) is 24.4 Å². The second-order valence-electron chi connectivity index (χ2n) is 6.18. The highest BCUT2D eigenvalue weighted by Crippen LogP contribution is 2.33. The van der Waals surface area contributed by atoms with Gasteiger partial charge in [0.15, 0.2) is 0 Å². The van der Waals surface area contributed by atoms with Crippen LogP contribution in [0.5, 0.6) is 5.75 Å². The van der Waals surface area contributed by atoms with E-state index in [2.05, 4.69) is 4.74 Å². The van der Waals surface area contributed by atoms with Crippen molar-refractivity contribution < 1.29 is 23.2 Å². The Kier molecular flexibility index (Phi) is 5.16. The van der Waals surface area contributed by atoms with Gasteiger partial charge in [0, 0.05) is 0 Å². The van der Waals surface area contributed by atoms with Gasteiger partial charge in [-0.2, -0.15) is 8.78 Å². The lowest BCUT2D eigenvalue weighted by Gasteiger charge is -2.40. The number of hydrogen-bond acceptors (Lipinski definition) is 3. The Morgan fingerprint density at radius 1 is 1.05 bits per heavy atom. The summed E-state index contributed by atoms with van der Waals surface area (Å²) in [6, 6.07) is 5.75. The molecule has 0 radical (unpaired) electrons. The number of benzene rings is 1. The van der Waals surface area contributed by atoms with Crippen molar-refractivity contribution in [2.45, 2.75) is 46.8 Å². The molecule has 112 valence electrons. The van der Waals surface area contributed by atoms with Crippen LogP contribution in [0.1, 0.15) is 34.6 Å². The van der Waals surface area contributed by atoms with Crippen molar-refractivity contribution >= 4 is 12.6 Å². The van der Waals surface area contributed by atoms with Gasteiger partial charge in [-0.25, -0.2) is 0 Å². The number of alkyl halides is 2. The van der Waals surface area contributed by atoms with Gasteiger partial charge in [0.25, 0.3) is 0 Å². The zero-order valence-electron chi connectivity index (χ0n) is 12.5. The lowest BCUT2D eigenvalue weighted by molar-refractivity contribution is -0.0498. The maximum atomic E-state index is 12.0. The molecule has 20 heavy (non-hydrogen) atoms. The molecule has 0 heterocycles. The van der Waals surface area contributed by atoms with Gasteiger partial charge in [-0.05, 0) is 36.9 Å². The molecule has 0 unspecified atom stereocenters. The van der Waals surface area contributed by atoms with Gasteiger partial charge in [-0.15, -0.1) is 0 Å². The van der Waals surface area contributed by atoms with E-state index in [1.165, 1.54) is 24.3 Å². The fourth-order valence-electron chi connectivity index (χ4n) is 1.34. The summed E-state index contributed by atoms with van der Waals surface area (Å²) < 4.78 is 34.0. The van der Waals surface area contributed by atoms with E-state index in [1.807, 2.05) is 34.6 Å². The molecule has 1 aromatic rings.